The Labute approximate surface area is 123 Å². The first-order valence-corrected chi connectivity index (χ1v) is 7.04. The second-order valence-corrected chi connectivity index (χ2v) is 5.01. The molecular weight excluding hydrogens is 268 g/mol. The van der Waals surface area contributed by atoms with Crippen LogP contribution in [0.25, 0.3) is 0 Å². The Hall–Kier alpha value is -2.27. The van der Waals surface area contributed by atoms with E-state index in [9.17, 15) is 9.90 Å². The Balaban J connectivity index is 1.80. The lowest BCUT2D eigenvalue weighted by Crippen LogP contribution is -2.20. The number of nitrogens with zero attached hydrogens (tertiary/aromatic N) is 1. The number of benzene rings is 1. The van der Waals surface area contributed by atoms with Crippen molar-refractivity contribution in [1.82, 2.24) is 10.0 Å². The molecule has 0 bridgehead atoms. The molecule has 0 spiro atoms. The molecule has 5 heteroatoms. The van der Waals surface area contributed by atoms with E-state index in [2.05, 4.69) is 12.1 Å². The van der Waals surface area contributed by atoms with Crippen LogP contribution in [0.3, 0.4) is 0 Å². The minimum atomic E-state index is -0.535. The van der Waals surface area contributed by atoms with Crippen molar-refractivity contribution in [1.29, 1.82) is 0 Å². The lowest BCUT2D eigenvalue weighted by Gasteiger charge is -2.06. The fourth-order valence-corrected chi connectivity index (χ4v) is 2.30. The smallest absolute Gasteiger partial charge is 0.247 e. The van der Waals surface area contributed by atoms with Gasteiger partial charge in [0.25, 0.3) is 0 Å². The fraction of sp³-hybridized carbons (Fsp3) is 0.312. The maximum Gasteiger partial charge on any atom is 0.247 e. The van der Waals surface area contributed by atoms with Crippen molar-refractivity contribution >= 4 is 5.91 Å². The van der Waals surface area contributed by atoms with Crippen molar-refractivity contribution < 1.29 is 15.1 Å². The largest absolute Gasteiger partial charge is 0.494 e. The molecule has 0 saturated carbocycles. The minimum absolute atomic E-state index is 0.0284. The minimum Gasteiger partial charge on any atom is -0.494 e. The molecule has 0 unspecified atom stereocenters. The quantitative estimate of drug-likeness (QED) is 0.415. The van der Waals surface area contributed by atoms with Crippen LogP contribution in [0.5, 0.6) is 5.88 Å². The summed E-state index contributed by atoms with van der Waals surface area (Å²) < 4.78 is 1.73. The van der Waals surface area contributed by atoms with Crippen molar-refractivity contribution in [2.24, 2.45) is 0 Å². The lowest BCUT2D eigenvalue weighted by molar-refractivity contribution is -0.128. The molecule has 112 valence electrons. The van der Waals surface area contributed by atoms with E-state index in [0.29, 0.717) is 12.1 Å². The number of unbranched alkanes of at least 4 members (excludes halogenated alkanes) is 1. The number of aryl methyl sites for hydroxylation is 2. The van der Waals surface area contributed by atoms with Crippen LogP contribution in [0.15, 0.2) is 42.6 Å². The first-order valence-electron chi connectivity index (χ1n) is 7.04. The van der Waals surface area contributed by atoms with E-state index in [1.165, 1.54) is 5.56 Å². The van der Waals surface area contributed by atoms with Crippen LogP contribution in [0.2, 0.25) is 0 Å². The van der Waals surface area contributed by atoms with E-state index in [0.717, 1.165) is 19.3 Å². The monoisotopic (exact) mass is 288 g/mol. The summed E-state index contributed by atoms with van der Waals surface area (Å²) in [5.74, 6) is -0.439. The Kier molecular flexibility index (Phi) is 5.40. The van der Waals surface area contributed by atoms with E-state index in [4.69, 9.17) is 5.21 Å². The molecule has 5 nitrogen and oxygen atoms in total. The molecule has 0 atom stereocenters. The van der Waals surface area contributed by atoms with Crippen molar-refractivity contribution in [3.8, 4) is 5.88 Å². The van der Waals surface area contributed by atoms with E-state index in [-0.39, 0.29) is 12.3 Å². The lowest BCUT2D eigenvalue weighted by atomic mass is 10.1. The predicted molar refractivity (Wildman–Crippen MR) is 79.1 cm³/mol. The summed E-state index contributed by atoms with van der Waals surface area (Å²) in [4.78, 5) is 11.1. The fourth-order valence-electron chi connectivity index (χ4n) is 2.30. The first kappa shape index (κ1) is 15.1. The molecule has 1 amide bonds. The van der Waals surface area contributed by atoms with Crippen molar-refractivity contribution in [2.45, 2.75) is 32.2 Å². The number of carbonyl (C=O) groups is 1. The van der Waals surface area contributed by atoms with Gasteiger partial charge in [-0.1, -0.05) is 30.3 Å². The maximum absolute atomic E-state index is 11.1. The number of carbonyl (C=O) groups excluding carboxylic acids is 1. The van der Waals surface area contributed by atoms with Gasteiger partial charge in [-0.2, -0.15) is 0 Å². The molecule has 0 aliphatic carbocycles. The Morgan fingerprint density at radius 1 is 1.14 bits per heavy atom. The van der Waals surface area contributed by atoms with Gasteiger partial charge in [0.1, 0.15) is 0 Å². The van der Waals surface area contributed by atoms with E-state index in [1.54, 1.807) is 22.3 Å². The van der Waals surface area contributed by atoms with E-state index < -0.39 is 5.91 Å². The topological polar surface area (TPSA) is 74.5 Å². The summed E-state index contributed by atoms with van der Waals surface area (Å²) >= 11 is 0. The molecule has 0 fully saturated rings. The number of amides is 1. The Morgan fingerprint density at radius 2 is 1.90 bits per heavy atom. The van der Waals surface area contributed by atoms with Crippen molar-refractivity contribution in [3.63, 3.8) is 0 Å². The SMILES string of the molecule is O=C(Cc1ccn(CCCCc2ccccc2)c1O)NO. The average molecular weight is 288 g/mol. The van der Waals surface area contributed by atoms with Gasteiger partial charge in [-0.15, -0.1) is 0 Å². The maximum atomic E-state index is 11.1. The van der Waals surface area contributed by atoms with Crippen LogP contribution in [0.1, 0.15) is 24.0 Å². The number of hydroxylamine groups is 1. The van der Waals surface area contributed by atoms with Gasteiger partial charge in [-0.25, -0.2) is 5.48 Å². The zero-order chi connectivity index (χ0) is 15.1. The molecule has 0 aliphatic heterocycles. The predicted octanol–water partition coefficient (Wildman–Crippen LogP) is 2.26. The average Bonchev–Trinajstić information content (AvgIpc) is 2.85. The highest BCUT2D eigenvalue weighted by Gasteiger charge is 2.11. The third-order valence-electron chi connectivity index (χ3n) is 3.45. The van der Waals surface area contributed by atoms with Gasteiger partial charge in [0.15, 0.2) is 5.88 Å². The molecule has 0 saturated heterocycles. The van der Waals surface area contributed by atoms with Crippen molar-refractivity contribution in [2.75, 3.05) is 0 Å². The number of nitrogens with one attached hydrogen (secondary N) is 1. The number of hydrogen-bond acceptors (Lipinski definition) is 3. The first-order chi connectivity index (χ1) is 10.2. The van der Waals surface area contributed by atoms with E-state index >= 15 is 0 Å². The van der Waals surface area contributed by atoms with Crippen LogP contribution in [0.4, 0.5) is 0 Å². The molecule has 0 aliphatic rings. The second-order valence-electron chi connectivity index (χ2n) is 5.01. The standard InChI is InChI=1S/C16H20N2O3/c19-15(17-21)12-14-9-11-18(16(14)20)10-5-4-8-13-6-2-1-3-7-13/h1-3,6-7,9,11,20-21H,4-5,8,10,12H2,(H,17,19). The summed E-state index contributed by atoms with van der Waals surface area (Å²) in [7, 11) is 0. The highest BCUT2D eigenvalue weighted by molar-refractivity contribution is 5.77. The molecule has 2 rings (SSSR count). The van der Waals surface area contributed by atoms with Crippen LogP contribution in [-0.4, -0.2) is 20.8 Å². The molecule has 3 N–H and O–H groups in total. The summed E-state index contributed by atoms with van der Waals surface area (Å²) in [5, 5.41) is 18.5. The van der Waals surface area contributed by atoms with Crippen LogP contribution >= 0.6 is 0 Å². The van der Waals surface area contributed by atoms with Crippen LogP contribution in [-0.2, 0) is 24.2 Å². The highest BCUT2D eigenvalue weighted by atomic mass is 16.5. The van der Waals surface area contributed by atoms with Gasteiger partial charge in [0.05, 0.1) is 6.42 Å². The van der Waals surface area contributed by atoms with Crippen LogP contribution in [0, 0.1) is 0 Å². The van der Waals surface area contributed by atoms with Gasteiger partial charge < -0.3 is 9.67 Å². The van der Waals surface area contributed by atoms with Gasteiger partial charge in [0.2, 0.25) is 5.91 Å². The van der Waals surface area contributed by atoms with Gasteiger partial charge in [0, 0.05) is 18.3 Å². The zero-order valence-electron chi connectivity index (χ0n) is 11.8. The molecule has 0 radical (unpaired) electrons. The van der Waals surface area contributed by atoms with Crippen molar-refractivity contribution in [3.05, 3.63) is 53.7 Å². The van der Waals surface area contributed by atoms with Gasteiger partial charge >= 0.3 is 0 Å². The van der Waals surface area contributed by atoms with Crippen LogP contribution < -0.4 is 5.48 Å². The number of aromatic hydroxyl groups is 1. The summed E-state index contributed by atoms with van der Waals surface area (Å²) in [6.45, 7) is 0.708. The Bertz CT molecular complexity index is 578. The molecule has 21 heavy (non-hydrogen) atoms. The zero-order valence-corrected chi connectivity index (χ0v) is 11.8. The van der Waals surface area contributed by atoms with E-state index in [1.807, 2.05) is 18.2 Å². The number of aromatic nitrogens is 1. The third-order valence-corrected chi connectivity index (χ3v) is 3.45. The highest BCUT2D eigenvalue weighted by Crippen LogP contribution is 2.20. The summed E-state index contributed by atoms with van der Waals surface area (Å²) in [6, 6.07) is 12.0. The second kappa shape index (κ2) is 7.50. The number of hydrogen-bond donors (Lipinski definition) is 3. The normalized spacial score (nSPS) is 10.5. The molecular formula is C16H20N2O3. The molecule has 1 aromatic heterocycles. The van der Waals surface area contributed by atoms with Gasteiger partial charge in [-0.05, 0) is 30.9 Å². The molecule has 2 aromatic rings. The molecule has 1 aromatic carbocycles. The Morgan fingerprint density at radius 3 is 2.62 bits per heavy atom. The number of rotatable bonds is 7. The summed E-state index contributed by atoms with van der Waals surface area (Å²) in [6.07, 6.45) is 4.73. The third kappa shape index (κ3) is 4.36. The summed E-state index contributed by atoms with van der Waals surface area (Å²) in [5.41, 5.74) is 3.39. The molecule has 1 heterocycles. The van der Waals surface area contributed by atoms with Gasteiger partial charge in [-0.3, -0.25) is 10.0 Å².